The Morgan fingerprint density at radius 3 is 2.00 bits per heavy atom. The lowest BCUT2D eigenvalue weighted by Crippen LogP contribution is -3.00. The second-order valence-corrected chi connectivity index (χ2v) is 6.55. The number of pyridine rings is 1. The molecule has 0 aliphatic heterocycles. The van der Waals surface area contributed by atoms with Crippen LogP contribution in [-0.2, 0) is 6.54 Å². The summed E-state index contributed by atoms with van der Waals surface area (Å²) in [6.07, 6.45) is 12.3. The Kier molecular flexibility index (Phi) is 9.34. The number of halogens is 1. The number of rotatable bonds is 8. The predicted molar refractivity (Wildman–Crippen MR) is 96.6 cm³/mol. The van der Waals surface area contributed by atoms with Gasteiger partial charge in [-0.15, -0.1) is 0 Å². The van der Waals surface area contributed by atoms with Gasteiger partial charge in [0.15, 0.2) is 12.4 Å². The number of hydrogen-bond donors (Lipinski definition) is 1. The first kappa shape index (κ1) is 20.9. The van der Waals surface area contributed by atoms with E-state index in [1.807, 2.05) is 12.1 Å². The molecule has 1 heterocycles. The van der Waals surface area contributed by atoms with Crippen LogP contribution in [0.1, 0.15) is 56.6 Å². The molecule has 0 saturated carbocycles. The highest BCUT2D eigenvalue weighted by Crippen LogP contribution is 2.29. The Balaban J connectivity index is 0.00000288. The summed E-state index contributed by atoms with van der Waals surface area (Å²) >= 11 is 0. The van der Waals surface area contributed by atoms with E-state index in [2.05, 4.69) is 49.9 Å². The van der Waals surface area contributed by atoms with Crippen molar-refractivity contribution in [3.8, 4) is 16.9 Å². The average Bonchev–Trinajstić information content (AvgIpc) is 2.51. The summed E-state index contributed by atoms with van der Waals surface area (Å²) < 4.78 is 2.27. The van der Waals surface area contributed by atoms with Gasteiger partial charge in [-0.05, 0) is 54.7 Å². The van der Waals surface area contributed by atoms with Gasteiger partial charge < -0.3 is 29.1 Å². The zero-order chi connectivity index (χ0) is 16.7. The second kappa shape index (κ2) is 10.7. The average molecular weight is 439 g/mol. The molecule has 132 valence electrons. The van der Waals surface area contributed by atoms with Gasteiger partial charge in [0.2, 0.25) is 0 Å². The number of aromatic nitrogens is 1. The maximum atomic E-state index is 9.68. The van der Waals surface area contributed by atoms with Gasteiger partial charge in [0.1, 0.15) is 12.3 Å². The van der Waals surface area contributed by atoms with Crippen molar-refractivity contribution < 1.29 is 33.7 Å². The van der Waals surface area contributed by atoms with Gasteiger partial charge in [-0.3, -0.25) is 0 Å². The molecule has 0 amide bonds. The van der Waals surface area contributed by atoms with Gasteiger partial charge in [0, 0.05) is 18.6 Å². The Bertz CT molecular complexity index is 599. The lowest BCUT2D eigenvalue weighted by Gasteiger charge is -2.10. The van der Waals surface area contributed by atoms with E-state index in [0.29, 0.717) is 5.75 Å². The number of phenolic OH excluding ortho intramolecular Hbond substituents is 1. The number of benzene rings is 1. The Labute approximate surface area is 164 Å². The lowest BCUT2D eigenvalue weighted by atomic mass is 9.96. The summed E-state index contributed by atoms with van der Waals surface area (Å²) in [5.41, 5.74) is 4.70. The highest BCUT2D eigenvalue weighted by molar-refractivity contribution is 5.71. The monoisotopic (exact) mass is 439 g/mol. The van der Waals surface area contributed by atoms with Crippen LogP contribution in [0.3, 0.4) is 0 Å². The van der Waals surface area contributed by atoms with Crippen molar-refractivity contribution in [2.24, 2.45) is 0 Å². The van der Waals surface area contributed by atoms with Crippen LogP contribution in [0.15, 0.2) is 36.7 Å². The topological polar surface area (TPSA) is 24.1 Å². The quantitative estimate of drug-likeness (QED) is 0.381. The van der Waals surface area contributed by atoms with Crippen molar-refractivity contribution in [2.45, 2.75) is 65.8 Å². The van der Waals surface area contributed by atoms with Gasteiger partial charge >= 0.3 is 0 Å². The minimum Gasteiger partial charge on any atom is -1.00 e. The van der Waals surface area contributed by atoms with E-state index in [0.717, 1.165) is 17.7 Å². The fraction of sp³-hybridized carbons (Fsp3) is 0.476. The van der Waals surface area contributed by atoms with Gasteiger partial charge in [-0.2, -0.15) is 0 Å². The molecule has 0 saturated heterocycles. The fourth-order valence-electron chi connectivity index (χ4n) is 3.24. The van der Waals surface area contributed by atoms with E-state index >= 15 is 0 Å². The van der Waals surface area contributed by atoms with E-state index in [1.54, 1.807) is 0 Å². The van der Waals surface area contributed by atoms with Crippen LogP contribution in [0, 0.1) is 13.8 Å². The number of unbranched alkanes of at least 4 members (excludes halogenated alkanes) is 5. The van der Waals surface area contributed by atoms with Crippen LogP contribution in [-0.4, -0.2) is 5.11 Å². The maximum Gasteiger partial charge on any atom is 0.169 e. The highest BCUT2D eigenvalue weighted by atomic mass is 127. The summed E-state index contributed by atoms with van der Waals surface area (Å²) in [7, 11) is 0. The van der Waals surface area contributed by atoms with Crippen molar-refractivity contribution in [3.63, 3.8) is 0 Å². The molecular weight excluding hydrogens is 409 g/mol. The Morgan fingerprint density at radius 2 is 1.42 bits per heavy atom. The van der Waals surface area contributed by atoms with Crippen LogP contribution < -0.4 is 28.5 Å². The zero-order valence-corrected chi connectivity index (χ0v) is 17.3. The minimum absolute atomic E-state index is 0. The highest BCUT2D eigenvalue weighted by Gasteiger charge is 2.09. The van der Waals surface area contributed by atoms with Crippen LogP contribution >= 0.6 is 0 Å². The minimum atomic E-state index is 0. The van der Waals surface area contributed by atoms with E-state index in [1.165, 1.54) is 49.7 Å². The number of nitrogens with zero attached hydrogens (tertiary/aromatic N) is 1. The van der Waals surface area contributed by atoms with Gasteiger partial charge in [0.25, 0.3) is 0 Å². The van der Waals surface area contributed by atoms with E-state index in [-0.39, 0.29) is 24.0 Å². The smallest absolute Gasteiger partial charge is 0.169 e. The number of aromatic hydroxyl groups is 1. The van der Waals surface area contributed by atoms with Crippen molar-refractivity contribution >= 4 is 0 Å². The largest absolute Gasteiger partial charge is 1.00 e. The third kappa shape index (κ3) is 6.08. The van der Waals surface area contributed by atoms with E-state index in [9.17, 15) is 5.11 Å². The summed E-state index contributed by atoms with van der Waals surface area (Å²) in [6.45, 7) is 7.47. The Hall–Kier alpha value is -1.10. The normalized spacial score (nSPS) is 10.5. The molecule has 0 fully saturated rings. The SMILES string of the molecule is CCCCCCCC[n+]1ccc(-c2c(C)cc(O)cc2C)cc1.[I-]. The molecule has 1 aromatic carbocycles. The molecule has 0 bridgehead atoms. The van der Waals surface area contributed by atoms with Gasteiger partial charge in [0.05, 0.1) is 0 Å². The third-order valence-electron chi connectivity index (χ3n) is 4.47. The summed E-state index contributed by atoms with van der Waals surface area (Å²) in [5, 5.41) is 9.68. The zero-order valence-electron chi connectivity index (χ0n) is 15.2. The predicted octanol–water partition coefficient (Wildman–Crippen LogP) is 2.33. The molecular formula is C21H30INO. The molecule has 0 aliphatic carbocycles. The van der Waals surface area contributed by atoms with Crippen LogP contribution in [0.2, 0.25) is 0 Å². The molecule has 1 aromatic heterocycles. The molecule has 2 aromatic rings. The van der Waals surface area contributed by atoms with E-state index in [4.69, 9.17) is 0 Å². The molecule has 0 atom stereocenters. The molecule has 24 heavy (non-hydrogen) atoms. The second-order valence-electron chi connectivity index (χ2n) is 6.55. The number of aryl methyl sites for hydroxylation is 3. The number of phenols is 1. The summed E-state index contributed by atoms with van der Waals surface area (Å²) in [6, 6.07) is 8.03. The van der Waals surface area contributed by atoms with Crippen molar-refractivity contribution in [1.29, 1.82) is 0 Å². The Morgan fingerprint density at radius 1 is 0.875 bits per heavy atom. The van der Waals surface area contributed by atoms with Crippen molar-refractivity contribution in [3.05, 3.63) is 47.8 Å². The molecule has 0 spiro atoms. The molecule has 0 unspecified atom stereocenters. The first-order valence-electron chi connectivity index (χ1n) is 8.91. The lowest BCUT2D eigenvalue weighted by molar-refractivity contribution is -0.697. The van der Waals surface area contributed by atoms with Gasteiger partial charge in [-0.1, -0.05) is 32.6 Å². The van der Waals surface area contributed by atoms with Gasteiger partial charge in [-0.25, -0.2) is 4.57 Å². The molecule has 3 heteroatoms. The molecule has 2 rings (SSSR count). The summed E-state index contributed by atoms with van der Waals surface area (Å²) in [5.74, 6) is 0.345. The number of hydrogen-bond acceptors (Lipinski definition) is 1. The van der Waals surface area contributed by atoms with Crippen LogP contribution in [0.5, 0.6) is 5.75 Å². The standard InChI is InChI=1S/C21H29NO.HI/c1-4-5-6-7-8-9-12-22-13-10-19(11-14-22)21-17(2)15-20(23)16-18(21)3;/h10-11,13-16H,4-9,12H2,1-3H3;1H. The van der Waals surface area contributed by atoms with Crippen molar-refractivity contribution in [2.75, 3.05) is 0 Å². The van der Waals surface area contributed by atoms with E-state index < -0.39 is 0 Å². The van der Waals surface area contributed by atoms with Crippen LogP contribution in [0.25, 0.3) is 11.1 Å². The van der Waals surface area contributed by atoms with Crippen LogP contribution in [0.4, 0.5) is 0 Å². The third-order valence-corrected chi connectivity index (χ3v) is 4.47. The summed E-state index contributed by atoms with van der Waals surface area (Å²) in [4.78, 5) is 0. The maximum absolute atomic E-state index is 9.68. The molecule has 2 nitrogen and oxygen atoms in total. The fourth-order valence-corrected chi connectivity index (χ4v) is 3.24. The first-order chi connectivity index (χ1) is 11.1. The molecule has 0 aliphatic rings. The molecule has 1 N–H and O–H groups in total. The van der Waals surface area contributed by atoms with Crippen molar-refractivity contribution in [1.82, 2.24) is 0 Å². The molecule has 0 radical (unpaired) electrons. The first-order valence-corrected chi connectivity index (χ1v) is 8.91.